The third-order valence-corrected chi connectivity index (χ3v) is 2.70. The maximum absolute atomic E-state index is 13.2. The van der Waals surface area contributed by atoms with Crippen LogP contribution in [-0.2, 0) is 0 Å². The van der Waals surface area contributed by atoms with E-state index in [1.54, 1.807) is 6.20 Å². The number of pyridine rings is 1. The van der Waals surface area contributed by atoms with Crippen LogP contribution in [0.25, 0.3) is 11.1 Å². The molecule has 3 heteroatoms. The minimum atomic E-state index is -0.271. The maximum atomic E-state index is 13.2. The first kappa shape index (κ1) is 9.58. The average Bonchev–Trinajstić information content (AvgIpc) is 2.23. The molecule has 70 valence electrons. The first-order chi connectivity index (χ1) is 6.77. The van der Waals surface area contributed by atoms with Gasteiger partial charge < -0.3 is 0 Å². The molecule has 1 heterocycles. The summed E-state index contributed by atoms with van der Waals surface area (Å²) in [7, 11) is 0. The van der Waals surface area contributed by atoms with Gasteiger partial charge in [0.1, 0.15) is 3.70 Å². The molecule has 14 heavy (non-hydrogen) atoms. The number of benzene rings is 1. The van der Waals surface area contributed by atoms with E-state index < -0.39 is 0 Å². The summed E-state index contributed by atoms with van der Waals surface area (Å²) in [4.78, 5) is 3.97. The Balaban J connectivity index is 2.48. The molecule has 1 nitrogen and oxygen atoms in total. The Hall–Kier alpha value is -0.970. The fraction of sp³-hybridized carbons (Fsp3) is 0. The number of aromatic nitrogens is 1. The van der Waals surface area contributed by atoms with Crippen molar-refractivity contribution in [2.24, 2.45) is 0 Å². The summed E-state index contributed by atoms with van der Waals surface area (Å²) in [6, 6.07) is 11.1. The Morgan fingerprint density at radius 2 is 1.79 bits per heavy atom. The SMILES string of the molecule is Fc1cc(-c2ccccc2)cnc1I. The Morgan fingerprint density at radius 1 is 1.07 bits per heavy atom. The highest BCUT2D eigenvalue weighted by molar-refractivity contribution is 14.1. The molecule has 0 saturated heterocycles. The molecule has 2 aromatic rings. The van der Waals surface area contributed by atoms with Gasteiger partial charge in [-0.2, -0.15) is 0 Å². The zero-order valence-corrected chi connectivity index (χ0v) is 9.40. The highest BCUT2D eigenvalue weighted by Gasteiger charge is 2.02. The van der Waals surface area contributed by atoms with Crippen molar-refractivity contribution in [3.05, 3.63) is 52.1 Å². The number of halogens is 2. The van der Waals surface area contributed by atoms with Crippen molar-refractivity contribution < 1.29 is 4.39 Å². The normalized spacial score (nSPS) is 10.1. The molecule has 0 aliphatic carbocycles. The molecule has 0 radical (unpaired) electrons. The van der Waals surface area contributed by atoms with Gasteiger partial charge in [-0.25, -0.2) is 9.37 Å². The van der Waals surface area contributed by atoms with Crippen LogP contribution in [0.15, 0.2) is 42.6 Å². The molecule has 1 aromatic heterocycles. The van der Waals surface area contributed by atoms with Gasteiger partial charge in [0.2, 0.25) is 0 Å². The van der Waals surface area contributed by atoms with Gasteiger partial charge >= 0.3 is 0 Å². The summed E-state index contributed by atoms with van der Waals surface area (Å²) in [5.74, 6) is -0.271. The van der Waals surface area contributed by atoms with Crippen LogP contribution >= 0.6 is 22.6 Å². The van der Waals surface area contributed by atoms with Gasteiger partial charge in [-0.1, -0.05) is 30.3 Å². The molecule has 0 bridgehead atoms. The largest absolute Gasteiger partial charge is 0.247 e. The van der Waals surface area contributed by atoms with Crippen LogP contribution in [0.5, 0.6) is 0 Å². The zero-order chi connectivity index (χ0) is 9.97. The van der Waals surface area contributed by atoms with Crippen molar-refractivity contribution in [1.29, 1.82) is 0 Å². The van der Waals surface area contributed by atoms with E-state index in [-0.39, 0.29) is 5.82 Å². The number of rotatable bonds is 1. The van der Waals surface area contributed by atoms with E-state index in [2.05, 4.69) is 4.98 Å². The molecule has 0 N–H and O–H groups in total. The second-order valence-electron chi connectivity index (χ2n) is 2.86. The van der Waals surface area contributed by atoms with E-state index in [9.17, 15) is 4.39 Å². The summed E-state index contributed by atoms with van der Waals surface area (Å²) >= 11 is 1.87. The van der Waals surface area contributed by atoms with Crippen molar-refractivity contribution in [2.75, 3.05) is 0 Å². The summed E-state index contributed by atoms with van der Waals surface area (Å²) in [5.41, 5.74) is 1.79. The Labute approximate surface area is 95.1 Å². The van der Waals surface area contributed by atoms with Gasteiger partial charge in [-0.15, -0.1) is 0 Å². The van der Waals surface area contributed by atoms with Crippen molar-refractivity contribution in [3.8, 4) is 11.1 Å². The Morgan fingerprint density at radius 3 is 2.43 bits per heavy atom. The van der Waals surface area contributed by atoms with E-state index >= 15 is 0 Å². The molecular weight excluding hydrogens is 292 g/mol. The standard InChI is InChI=1S/C11H7FIN/c12-10-6-9(7-14-11(10)13)8-4-2-1-3-5-8/h1-7H. The van der Waals surface area contributed by atoms with Crippen molar-refractivity contribution >= 4 is 22.6 Å². The Bertz CT molecular complexity index is 442. The van der Waals surface area contributed by atoms with Crippen molar-refractivity contribution in [2.45, 2.75) is 0 Å². The minimum Gasteiger partial charge on any atom is -0.247 e. The predicted molar refractivity (Wildman–Crippen MR) is 62.3 cm³/mol. The van der Waals surface area contributed by atoms with Gasteiger partial charge in [-0.3, -0.25) is 0 Å². The van der Waals surface area contributed by atoms with E-state index in [0.29, 0.717) is 3.70 Å². The maximum Gasteiger partial charge on any atom is 0.155 e. The van der Waals surface area contributed by atoms with Crippen LogP contribution in [-0.4, -0.2) is 4.98 Å². The molecule has 0 aliphatic heterocycles. The molecule has 2 rings (SSSR count). The second kappa shape index (κ2) is 4.04. The molecule has 0 fully saturated rings. The number of hydrogen-bond acceptors (Lipinski definition) is 1. The lowest BCUT2D eigenvalue weighted by Crippen LogP contribution is -1.88. The van der Waals surface area contributed by atoms with E-state index in [0.717, 1.165) is 11.1 Å². The van der Waals surface area contributed by atoms with Crippen molar-refractivity contribution in [1.82, 2.24) is 4.98 Å². The summed E-state index contributed by atoms with van der Waals surface area (Å²) in [5, 5.41) is 0. The fourth-order valence-electron chi connectivity index (χ4n) is 1.21. The predicted octanol–water partition coefficient (Wildman–Crippen LogP) is 3.49. The van der Waals surface area contributed by atoms with Gasteiger partial charge in [0, 0.05) is 11.8 Å². The third-order valence-electron chi connectivity index (χ3n) is 1.90. The molecule has 0 atom stereocenters. The Kier molecular flexibility index (Phi) is 2.77. The lowest BCUT2D eigenvalue weighted by molar-refractivity contribution is 0.612. The number of nitrogens with zero attached hydrogens (tertiary/aromatic N) is 1. The van der Waals surface area contributed by atoms with Gasteiger partial charge in [0.05, 0.1) is 0 Å². The second-order valence-corrected chi connectivity index (χ2v) is 3.88. The van der Waals surface area contributed by atoms with Crippen molar-refractivity contribution in [3.63, 3.8) is 0 Å². The average molecular weight is 299 g/mol. The highest BCUT2D eigenvalue weighted by Crippen LogP contribution is 2.20. The first-order valence-corrected chi connectivity index (χ1v) is 5.22. The summed E-state index contributed by atoms with van der Waals surface area (Å²) < 4.78 is 13.6. The van der Waals surface area contributed by atoms with E-state index in [1.807, 2.05) is 52.9 Å². The lowest BCUT2D eigenvalue weighted by atomic mass is 10.1. The molecule has 0 saturated carbocycles. The molecule has 0 spiro atoms. The monoisotopic (exact) mass is 299 g/mol. The molecular formula is C11H7FIN. The quantitative estimate of drug-likeness (QED) is 0.580. The van der Waals surface area contributed by atoms with Crippen LogP contribution in [0.1, 0.15) is 0 Å². The fourth-order valence-corrected chi connectivity index (χ4v) is 1.50. The first-order valence-electron chi connectivity index (χ1n) is 4.14. The third kappa shape index (κ3) is 1.92. The van der Waals surface area contributed by atoms with Crippen LogP contribution in [0.3, 0.4) is 0 Å². The van der Waals surface area contributed by atoms with Crippen LogP contribution in [0, 0.1) is 9.52 Å². The summed E-state index contributed by atoms with van der Waals surface area (Å²) in [6.07, 6.45) is 1.68. The van der Waals surface area contributed by atoms with Crippen LogP contribution in [0.2, 0.25) is 0 Å². The molecule has 0 aliphatic rings. The molecule has 1 aromatic carbocycles. The van der Waals surface area contributed by atoms with Crippen LogP contribution < -0.4 is 0 Å². The lowest BCUT2D eigenvalue weighted by Gasteiger charge is -2.01. The zero-order valence-electron chi connectivity index (χ0n) is 7.24. The van der Waals surface area contributed by atoms with Gasteiger partial charge in [0.15, 0.2) is 5.82 Å². The molecule has 0 unspecified atom stereocenters. The highest BCUT2D eigenvalue weighted by atomic mass is 127. The van der Waals surface area contributed by atoms with Gasteiger partial charge in [0.25, 0.3) is 0 Å². The topological polar surface area (TPSA) is 12.9 Å². The smallest absolute Gasteiger partial charge is 0.155 e. The molecule has 0 amide bonds. The van der Waals surface area contributed by atoms with E-state index in [4.69, 9.17) is 0 Å². The van der Waals surface area contributed by atoms with E-state index in [1.165, 1.54) is 6.07 Å². The van der Waals surface area contributed by atoms with Crippen LogP contribution in [0.4, 0.5) is 4.39 Å². The number of hydrogen-bond donors (Lipinski definition) is 0. The van der Waals surface area contributed by atoms with Gasteiger partial charge in [-0.05, 0) is 34.2 Å². The summed E-state index contributed by atoms with van der Waals surface area (Å²) in [6.45, 7) is 0. The minimum absolute atomic E-state index is 0.271.